The van der Waals surface area contributed by atoms with Gasteiger partial charge in [0.2, 0.25) is 0 Å². The molecule has 166 valence electrons. The van der Waals surface area contributed by atoms with Crippen LogP contribution in [0.3, 0.4) is 0 Å². The Morgan fingerprint density at radius 1 is 0.879 bits per heavy atom. The van der Waals surface area contributed by atoms with E-state index >= 15 is 0 Å². The molecule has 3 amide bonds. The fourth-order valence-corrected chi connectivity index (χ4v) is 3.67. The van der Waals surface area contributed by atoms with Gasteiger partial charge in [-0.2, -0.15) is 0 Å². The highest BCUT2D eigenvalue weighted by Crippen LogP contribution is 2.31. The first-order valence-corrected chi connectivity index (χ1v) is 10.6. The number of nitrogens with one attached hydrogen (secondary N) is 2. The summed E-state index contributed by atoms with van der Waals surface area (Å²) in [5.41, 5.74) is 0.939. The van der Waals surface area contributed by atoms with Gasteiger partial charge in [-0.25, -0.2) is 9.29 Å². The van der Waals surface area contributed by atoms with Crippen molar-refractivity contribution in [3.8, 4) is 0 Å². The average Bonchev–Trinajstić information content (AvgIpc) is 3.01. The second-order valence-electron chi connectivity index (χ2n) is 6.87. The van der Waals surface area contributed by atoms with Gasteiger partial charge in [0.25, 0.3) is 17.7 Å². The monoisotopic (exact) mass is 503 g/mol. The molecular weight excluding hydrogens is 492 g/mol. The van der Waals surface area contributed by atoms with Crippen LogP contribution in [-0.4, -0.2) is 17.7 Å². The predicted octanol–water partition coefficient (Wildman–Crippen LogP) is 5.82. The Balaban J connectivity index is 1.55. The number of hydrogen-bond donors (Lipinski definition) is 2. The Kier molecular flexibility index (Phi) is 6.37. The zero-order valence-corrected chi connectivity index (χ0v) is 18.8. The Morgan fingerprint density at radius 2 is 1.58 bits per heavy atom. The normalized spacial score (nSPS) is 13.5. The average molecular weight is 505 g/mol. The molecule has 0 radical (unpaired) electrons. The minimum Gasteiger partial charge on any atom is -0.350 e. The molecule has 0 saturated carbocycles. The molecule has 0 bridgehead atoms. The van der Waals surface area contributed by atoms with Gasteiger partial charge in [-0.1, -0.05) is 46.9 Å². The first-order valence-electron chi connectivity index (χ1n) is 9.43. The maximum Gasteiger partial charge on any atom is 0.283 e. The van der Waals surface area contributed by atoms with Crippen LogP contribution in [0.1, 0.15) is 10.4 Å². The highest BCUT2D eigenvalue weighted by molar-refractivity contribution is 6.53. The fourth-order valence-electron chi connectivity index (χ4n) is 3.11. The first-order chi connectivity index (χ1) is 15.8. The Bertz CT molecular complexity index is 1330. The van der Waals surface area contributed by atoms with Gasteiger partial charge in [0.1, 0.15) is 16.5 Å². The van der Waals surface area contributed by atoms with Crippen LogP contribution in [0.15, 0.2) is 77.5 Å². The maximum absolute atomic E-state index is 13.2. The van der Waals surface area contributed by atoms with E-state index in [0.717, 1.165) is 17.0 Å². The number of anilines is 3. The molecule has 1 aliphatic heterocycles. The fraction of sp³-hybridized carbons (Fsp3) is 0. The van der Waals surface area contributed by atoms with Crippen LogP contribution in [0.2, 0.25) is 10.0 Å². The minimum atomic E-state index is -0.750. The first kappa shape index (κ1) is 22.8. The van der Waals surface area contributed by atoms with Crippen molar-refractivity contribution >= 4 is 69.6 Å². The van der Waals surface area contributed by atoms with Crippen molar-refractivity contribution in [3.63, 3.8) is 0 Å². The predicted molar refractivity (Wildman–Crippen MR) is 126 cm³/mol. The molecule has 1 heterocycles. The molecule has 33 heavy (non-hydrogen) atoms. The van der Waals surface area contributed by atoms with E-state index in [9.17, 15) is 18.8 Å². The Morgan fingerprint density at radius 3 is 2.30 bits per heavy atom. The Hall–Kier alpha value is -3.39. The maximum atomic E-state index is 13.2. The largest absolute Gasteiger partial charge is 0.350 e. The molecule has 0 saturated heterocycles. The molecule has 0 atom stereocenters. The van der Waals surface area contributed by atoms with Crippen LogP contribution >= 0.6 is 34.8 Å². The number of carbonyl (C=O) groups is 3. The molecule has 0 unspecified atom stereocenters. The van der Waals surface area contributed by atoms with E-state index < -0.39 is 23.5 Å². The summed E-state index contributed by atoms with van der Waals surface area (Å²) in [6.07, 6.45) is 0. The summed E-state index contributed by atoms with van der Waals surface area (Å²) in [7, 11) is 0. The highest BCUT2D eigenvalue weighted by atomic mass is 35.5. The molecule has 0 aromatic heterocycles. The van der Waals surface area contributed by atoms with E-state index in [1.165, 1.54) is 18.2 Å². The molecule has 3 aromatic rings. The summed E-state index contributed by atoms with van der Waals surface area (Å²) in [6.45, 7) is 0. The molecule has 1 aliphatic rings. The SMILES string of the molecule is O=C(Nc1cccc(Cl)c1Cl)c1cccc(NC2=C(Cl)C(=O)N(c3ccc(F)cc3)C2=O)c1. The Labute approximate surface area is 202 Å². The second kappa shape index (κ2) is 9.23. The molecular formula is C23H13Cl3FN3O3. The lowest BCUT2D eigenvalue weighted by atomic mass is 10.1. The number of amides is 3. The third-order valence-electron chi connectivity index (χ3n) is 4.71. The van der Waals surface area contributed by atoms with Crippen LogP contribution in [0.25, 0.3) is 0 Å². The van der Waals surface area contributed by atoms with Crippen molar-refractivity contribution in [2.45, 2.75) is 0 Å². The van der Waals surface area contributed by atoms with Crippen LogP contribution in [0.5, 0.6) is 0 Å². The highest BCUT2D eigenvalue weighted by Gasteiger charge is 2.39. The molecule has 0 fully saturated rings. The van der Waals surface area contributed by atoms with Gasteiger partial charge in [0, 0.05) is 11.3 Å². The van der Waals surface area contributed by atoms with Crippen molar-refractivity contribution in [2.24, 2.45) is 0 Å². The topological polar surface area (TPSA) is 78.5 Å². The summed E-state index contributed by atoms with van der Waals surface area (Å²) >= 11 is 18.2. The summed E-state index contributed by atoms with van der Waals surface area (Å²) in [4.78, 5) is 38.9. The summed E-state index contributed by atoms with van der Waals surface area (Å²) in [5, 5.41) is 5.63. The molecule has 10 heteroatoms. The van der Waals surface area contributed by atoms with Crippen LogP contribution in [0.4, 0.5) is 21.5 Å². The molecule has 3 aromatic carbocycles. The lowest BCUT2D eigenvalue weighted by Gasteiger charge is -2.15. The summed E-state index contributed by atoms with van der Waals surface area (Å²) in [5.74, 6) is -2.44. The molecule has 4 rings (SSSR count). The van der Waals surface area contributed by atoms with Crippen LogP contribution in [-0.2, 0) is 9.59 Å². The van der Waals surface area contributed by atoms with Crippen molar-refractivity contribution in [3.05, 3.63) is 98.9 Å². The number of nitrogens with zero attached hydrogens (tertiary/aromatic N) is 1. The van der Waals surface area contributed by atoms with E-state index in [1.807, 2.05) is 0 Å². The summed E-state index contributed by atoms with van der Waals surface area (Å²) < 4.78 is 13.2. The van der Waals surface area contributed by atoms with Gasteiger partial charge in [-0.05, 0) is 54.6 Å². The van der Waals surface area contributed by atoms with E-state index in [-0.39, 0.29) is 27.0 Å². The molecule has 0 aliphatic carbocycles. The third-order valence-corrected chi connectivity index (χ3v) is 5.88. The quantitative estimate of drug-likeness (QED) is 0.429. The second-order valence-corrected chi connectivity index (χ2v) is 8.04. The van der Waals surface area contributed by atoms with Crippen LogP contribution < -0.4 is 15.5 Å². The van der Waals surface area contributed by atoms with E-state index in [4.69, 9.17) is 34.8 Å². The number of benzene rings is 3. The smallest absolute Gasteiger partial charge is 0.283 e. The van der Waals surface area contributed by atoms with Crippen molar-refractivity contribution < 1.29 is 18.8 Å². The number of carbonyl (C=O) groups excluding carboxylic acids is 3. The molecule has 2 N–H and O–H groups in total. The van der Waals surface area contributed by atoms with E-state index in [2.05, 4.69) is 10.6 Å². The van der Waals surface area contributed by atoms with E-state index in [1.54, 1.807) is 36.4 Å². The van der Waals surface area contributed by atoms with Gasteiger partial charge in [-0.15, -0.1) is 0 Å². The lowest BCUT2D eigenvalue weighted by molar-refractivity contribution is -0.120. The minimum absolute atomic E-state index is 0.165. The number of halogens is 4. The van der Waals surface area contributed by atoms with Crippen molar-refractivity contribution in [2.75, 3.05) is 15.5 Å². The summed E-state index contributed by atoms with van der Waals surface area (Å²) in [6, 6.07) is 15.9. The zero-order chi connectivity index (χ0) is 23.7. The zero-order valence-electron chi connectivity index (χ0n) is 16.5. The van der Waals surface area contributed by atoms with Crippen molar-refractivity contribution in [1.29, 1.82) is 0 Å². The lowest BCUT2D eigenvalue weighted by Crippen LogP contribution is -2.32. The third kappa shape index (κ3) is 4.57. The van der Waals surface area contributed by atoms with Gasteiger partial charge in [0.15, 0.2) is 0 Å². The number of rotatable bonds is 5. The van der Waals surface area contributed by atoms with Gasteiger partial charge >= 0.3 is 0 Å². The number of hydrogen-bond acceptors (Lipinski definition) is 4. The van der Waals surface area contributed by atoms with E-state index in [0.29, 0.717) is 16.4 Å². The molecule has 6 nitrogen and oxygen atoms in total. The standard InChI is InChI=1S/C23H13Cl3FN3O3/c24-16-5-2-6-17(18(16)25)29-21(31)12-3-1-4-14(11-12)28-20-19(26)22(32)30(23(20)33)15-9-7-13(27)8-10-15/h1-11,28H,(H,29,31). The van der Waals surface area contributed by atoms with Crippen molar-refractivity contribution in [1.82, 2.24) is 0 Å². The van der Waals surface area contributed by atoms with Gasteiger partial charge in [-0.3, -0.25) is 14.4 Å². The van der Waals surface area contributed by atoms with Gasteiger partial charge in [0.05, 0.1) is 21.4 Å². The van der Waals surface area contributed by atoms with Gasteiger partial charge < -0.3 is 10.6 Å². The molecule has 0 spiro atoms. The van der Waals surface area contributed by atoms with Crippen LogP contribution in [0, 0.1) is 5.82 Å². The number of imide groups is 1.